The Bertz CT molecular complexity index is 353. The third-order valence-corrected chi connectivity index (χ3v) is 2.56. The maximum Gasteiger partial charge on any atom is 0.355 e. The smallest absolute Gasteiger partial charge is 0.355 e. The van der Waals surface area contributed by atoms with Crippen LogP contribution in [0.25, 0.3) is 0 Å². The van der Waals surface area contributed by atoms with Crippen LogP contribution in [-0.4, -0.2) is 16.1 Å². The molecule has 0 radical (unpaired) electrons. The van der Waals surface area contributed by atoms with Crippen molar-refractivity contribution in [3.8, 4) is 6.07 Å². The summed E-state index contributed by atoms with van der Waals surface area (Å²) in [6.45, 7) is 1.87. The quantitative estimate of drug-likeness (QED) is 0.800. The first-order valence-electron chi connectivity index (χ1n) is 3.77. The van der Waals surface area contributed by atoms with Crippen molar-refractivity contribution in [2.45, 2.75) is 19.3 Å². The maximum atomic E-state index is 10.5. The molecule has 0 aliphatic rings. The molecule has 0 aliphatic carbocycles. The van der Waals surface area contributed by atoms with Crippen LogP contribution >= 0.6 is 11.3 Å². The minimum Gasteiger partial charge on any atom is -0.476 e. The van der Waals surface area contributed by atoms with Gasteiger partial charge in [-0.25, -0.2) is 9.78 Å². The number of carboxylic acids is 1. The van der Waals surface area contributed by atoms with E-state index in [0.717, 1.165) is 0 Å². The van der Waals surface area contributed by atoms with Gasteiger partial charge in [0.25, 0.3) is 0 Å². The van der Waals surface area contributed by atoms with Gasteiger partial charge in [-0.2, -0.15) is 5.26 Å². The molecular weight excluding hydrogens is 188 g/mol. The van der Waals surface area contributed by atoms with Crippen molar-refractivity contribution in [1.82, 2.24) is 4.98 Å². The number of nitriles is 1. The van der Waals surface area contributed by atoms with Gasteiger partial charge in [0.15, 0.2) is 5.69 Å². The van der Waals surface area contributed by atoms with Gasteiger partial charge in [0, 0.05) is 5.38 Å². The van der Waals surface area contributed by atoms with Gasteiger partial charge in [-0.15, -0.1) is 11.3 Å². The minimum atomic E-state index is -1.05. The fraction of sp³-hybridized carbons (Fsp3) is 0.375. The third-order valence-electron chi connectivity index (χ3n) is 1.60. The second-order valence-electron chi connectivity index (χ2n) is 2.47. The zero-order chi connectivity index (χ0) is 9.84. The van der Waals surface area contributed by atoms with E-state index in [4.69, 9.17) is 10.4 Å². The van der Waals surface area contributed by atoms with E-state index in [1.54, 1.807) is 0 Å². The molecule has 1 N–H and O–H groups in total. The second kappa shape index (κ2) is 4.01. The molecule has 0 saturated carbocycles. The summed E-state index contributed by atoms with van der Waals surface area (Å²) in [5.74, 6) is -1.33. The molecule has 68 valence electrons. The van der Waals surface area contributed by atoms with Gasteiger partial charge in [-0.05, 0) is 6.42 Å². The highest BCUT2D eigenvalue weighted by Gasteiger charge is 2.15. The molecule has 1 unspecified atom stereocenters. The number of thiazole rings is 1. The molecule has 1 aromatic rings. The summed E-state index contributed by atoms with van der Waals surface area (Å²) in [7, 11) is 0. The molecule has 0 bridgehead atoms. The Hall–Kier alpha value is -1.41. The van der Waals surface area contributed by atoms with E-state index >= 15 is 0 Å². The summed E-state index contributed by atoms with van der Waals surface area (Å²) in [6, 6.07) is 2.08. The first-order valence-corrected chi connectivity index (χ1v) is 4.65. The topological polar surface area (TPSA) is 74.0 Å². The Balaban J connectivity index is 2.92. The van der Waals surface area contributed by atoms with Crippen molar-refractivity contribution in [3.63, 3.8) is 0 Å². The highest BCUT2D eigenvalue weighted by Crippen LogP contribution is 2.22. The van der Waals surface area contributed by atoms with Crippen molar-refractivity contribution in [2.75, 3.05) is 0 Å². The maximum absolute atomic E-state index is 10.5. The van der Waals surface area contributed by atoms with Crippen LogP contribution in [0.4, 0.5) is 0 Å². The van der Waals surface area contributed by atoms with Crippen LogP contribution in [0.1, 0.15) is 34.8 Å². The zero-order valence-corrected chi connectivity index (χ0v) is 7.84. The van der Waals surface area contributed by atoms with Crippen LogP contribution in [0, 0.1) is 11.3 Å². The molecule has 0 aliphatic heterocycles. The number of carbonyl (C=O) groups is 1. The lowest BCUT2D eigenvalue weighted by atomic mass is 10.1. The molecule has 0 fully saturated rings. The van der Waals surface area contributed by atoms with Gasteiger partial charge >= 0.3 is 5.97 Å². The summed E-state index contributed by atoms with van der Waals surface area (Å²) in [5, 5.41) is 19.3. The monoisotopic (exact) mass is 196 g/mol. The Morgan fingerprint density at radius 2 is 2.62 bits per heavy atom. The fourth-order valence-corrected chi connectivity index (χ4v) is 1.79. The molecule has 0 spiro atoms. The largest absolute Gasteiger partial charge is 0.476 e. The molecular formula is C8H8N2O2S. The molecule has 1 aromatic heterocycles. The van der Waals surface area contributed by atoms with E-state index < -0.39 is 5.97 Å². The van der Waals surface area contributed by atoms with E-state index in [9.17, 15) is 4.79 Å². The Labute approximate surface area is 79.5 Å². The van der Waals surface area contributed by atoms with E-state index in [1.165, 1.54) is 16.7 Å². The predicted octanol–water partition coefficient (Wildman–Crippen LogP) is 1.86. The molecule has 13 heavy (non-hydrogen) atoms. The molecule has 0 saturated heterocycles. The van der Waals surface area contributed by atoms with Crippen molar-refractivity contribution in [1.29, 1.82) is 5.26 Å². The van der Waals surface area contributed by atoms with Crippen molar-refractivity contribution < 1.29 is 9.90 Å². The Morgan fingerprint density at radius 1 is 1.92 bits per heavy atom. The second-order valence-corrected chi connectivity index (χ2v) is 3.36. The number of hydrogen-bond donors (Lipinski definition) is 1. The lowest BCUT2D eigenvalue weighted by molar-refractivity contribution is 0.0691. The SMILES string of the molecule is CCC(C#N)c1nc(C(=O)O)cs1. The Kier molecular flexibility index (Phi) is 2.98. The first-order chi connectivity index (χ1) is 6.19. The van der Waals surface area contributed by atoms with Gasteiger partial charge < -0.3 is 5.11 Å². The van der Waals surface area contributed by atoms with Crippen LogP contribution in [0.2, 0.25) is 0 Å². The van der Waals surface area contributed by atoms with Crippen LogP contribution in [0.3, 0.4) is 0 Å². The van der Waals surface area contributed by atoms with E-state index in [1.807, 2.05) is 6.92 Å². The van der Waals surface area contributed by atoms with Gasteiger partial charge in [0.2, 0.25) is 0 Å². The number of carboxylic acid groups (broad SMARTS) is 1. The average Bonchev–Trinajstić information content (AvgIpc) is 2.56. The summed E-state index contributed by atoms with van der Waals surface area (Å²) in [4.78, 5) is 14.3. The molecule has 0 aromatic carbocycles. The highest BCUT2D eigenvalue weighted by atomic mass is 32.1. The first kappa shape index (κ1) is 9.68. The minimum absolute atomic E-state index is 0.0219. The predicted molar refractivity (Wildman–Crippen MR) is 47.7 cm³/mol. The van der Waals surface area contributed by atoms with Gasteiger partial charge in [-0.1, -0.05) is 6.92 Å². The fourth-order valence-electron chi connectivity index (χ4n) is 0.867. The standard InChI is InChI=1S/C8H8N2O2S/c1-2-5(3-9)7-10-6(4-13-7)8(11)12/h4-5H,2H2,1H3,(H,11,12). The lowest BCUT2D eigenvalue weighted by Gasteiger charge is -1.98. The summed E-state index contributed by atoms with van der Waals surface area (Å²) >= 11 is 1.22. The normalized spacial score (nSPS) is 12.0. The van der Waals surface area contributed by atoms with E-state index in [-0.39, 0.29) is 11.6 Å². The number of rotatable bonds is 3. The summed E-state index contributed by atoms with van der Waals surface area (Å²) < 4.78 is 0. The summed E-state index contributed by atoms with van der Waals surface area (Å²) in [5.41, 5.74) is 0.0219. The molecule has 0 amide bonds. The highest BCUT2D eigenvalue weighted by molar-refractivity contribution is 7.10. The van der Waals surface area contributed by atoms with E-state index in [2.05, 4.69) is 11.1 Å². The third kappa shape index (κ3) is 2.04. The van der Waals surface area contributed by atoms with Gasteiger partial charge in [-0.3, -0.25) is 0 Å². The number of aromatic carboxylic acids is 1. The van der Waals surface area contributed by atoms with Crippen LogP contribution in [0.15, 0.2) is 5.38 Å². The number of hydrogen-bond acceptors (Lipinski definition) is 4. The number of nitrogens with zero attached hydrogens (tertiary/aromatic N) is 2. The van der Waals surface area contributed by atoms with Crippen LogP contribution < -0.4 is 0 Å². The average molecular weight is 196 g/mol. The molecule has 4 nitrogen and oxygen atoms in total. The van der Waals surface area contributed by atoms with Gasteiger partial charge in [0.1, 0.15) is 5.01 Å². The molecule has 1 rings (SSSR count). The van der Waals surface area contributed by atoms with Gasteiger partial charge in [0.05, 0.1) is 12.0 Å². The molecule has 1 heterocycles. The van der Waals surface area contributed by atoms with Crippen LogP contribution in [-0.2, 0) is 0 Å². The Morgan fingerprint density at radius 3 is 3.00 bits per heavy atom. The molecule has 5 heteroatoms. The van der Waals surface area contributed by atoms with Crippen molar-refractivity contribution >= 4 is 17.3 Å². The lowest BCUT2D eigenvalue weighted by Crippen LogP contribution is -1.98. The van der Waals surface area contributed by atoms with E-state index in [0.29, 0.717) is 11.4 Å². The number of aromatic nitrogens is 1. The summed E-state index contributed by atoms with van der Waals surface area (Å²) in [6.07, 6.45) is 0.656. The zero-order valence-electron chi connectivity index (χ0n) is 7.02. The van der Waals surface area contributed by atoms with Crippen LogP contribution in [0.5, 0.6) is 0 Å². The molecule has 1 atom stereocenters. The van der Waals surface area contributed by atoms with Crippen molar-refractivity contribution in [3.05, 3.63) is 16.1 Å². The van der Waals surface area contributed by atoms with Crippen molar-refractivity contribution in [2.24, 2.45) is 0 Å².